The smallest absolute Gasteiger partial charge is 0.0897 e. The largest absolute Gasteiger partial charge is 0.389 e. The third-order valence-electron chi connectivity index (χ3n) is 3.67. The Hall–Kier alpha value is -0.200. The lowest BCUT2D eigenvalue weighted by Gasteiger charge is -2.17. The lowest BCUT2D eigenvalue weighted by atomic mass is 10.2. The van der Waals surface area contributed by atoms with Crippen molar-refractivity contribution in [2.75, 3.05) is 46.5 Å². The second kappa shape index (κ2) is 7.40. The fourth-order valence-electron chi connectivity index (χ4n) is 2.57. The van der Waals surface area contributed by atoms with E-state index in [1.54, 1.807) is 0 Å². The SMILES string of the molecule is CN1CCC(NCC(O)COCC2CCCO2)C1. The Morgan fingerprint density at radius 3 is 3.06 bits per heavy atom. The molecule has 3 atom stereocenters. The van der Waals surface area contributed by atoms with E-state index in [2.05, 4.69) is 17.3 Å². The topological polar surface area (TPSA) is 54.0 Å². The molecule has 0 aromatic carbocycles. The first kappa shape index (κ1) is 14.2. The molecule has 2 aliphatic heterocycles. The molecule has 0 saturated carbocycles. The van der Waals surface area contributed by atoms with Crippen LogP contribution in [0.5, 0.6) is 0 Å². The van der Waals surface area contributed by atoms with Crippen molar-refractivity contribution in [1.29, 1.82) is 0 Å². The van der Waals surface area contributed by atoms with E-state index < -0.39 is 6.10 Å². The van der Waals surface area contributed by atoms with Gasteiger partial charge in [0, 0.05) is 25.7 Å². The molecule has 106 valence electrons. The van der Waals surface area contributed by atoms with Crippen LogP contribution in [0.2, 0.25) is 0 Å². The maximum Gasteiger partial charge on any atom is 0.0897 e. The first-order valence-electron chi connectivity index (χ1n) is 7.03. The standard InChI is InChI=1S/C13H26N2O3/c1-15-5-4-11(8-15)14-7-12(16)9-17-10-13-3-2-6-18-13/h11-14,16H,2-10H2,1H3. The predicted molar refractivity (Wildman–Crippen MR) is 69.7 cm³/mol. The number of nitrogens with zero attached hydrogens (tertiary/aromatic N) is 1. The first-order chi connectivity index (χ1) is 8.74. The Morgan fingerprint density at radius 2 is 2.39 bits per heavy atom. The minimum Gasteiger partial charge on any atom is -0.389 e. The normalized spacial score (nSPS) is 31.0. The maximum atomic E-state index is 9.81. The van der Waals surface area contributed by atoms with Crippen molar-refractivity contribution in [2.45, 2.75) is 37.5 Å². The molecule has 0 aromatic heterocycles. The summed E-state index contributed by atoms with van der Waals surface area (Å²) >= 11 is 0. The van der Waals surface area contributed by atoms with E-state index in [1.807, 2.05) is 0 Å². The Kier molecular flexibility index (Phi) is 5.85. The molecule has 2 fully saturated rings. The number of ether oxygens (including phenoxy) is 2. The molecule has 2 aliphatic rings. The molecular weight excluding hydrogens is 232 g/mol. The Bertz CT molecular complexity index is 234. The summed E-state index contributed by atoms with van der Waals surface area (Å²) in [6.07, 6.45) is 3.21. The summed E-state index contributed by atoms with van der Waals surface area (Å²) in [5.74, 6) is 0. The van der Waals surface area contributed by atoms with Gasteiger partial charge in [0.05, 0.1) is 25.4 Å². The van der Waals surface area contributed by atoms with Crippen LogP contribution in [0.4, 0.5) is 0 Å². The molecule has 2 saturated heterocycles. The number of nitrogens with one attached hydrogen (secondary N) is 1. The van der Waals surface area contributed by atoms with Gasteiger partial charge in [0.2, 0.25) is 0 Å². The zero-order valence-corrected chi connectivity index (χ0v) is 11.3. The van der Waals surface area contributed by atoms with Gasteiger partial charge in [0.25, 0.3) is 0 Å². The summed E-state index contributed by atoms with van der Waals surface area (Å²) in [5.41, 5.74) is 0. The molecule has 0 amide bonds. The van der Waals surface area contributed by atoms with Crippen molar-refractivity contribution in [2.24, 2.45) is 0 Å². The van der Waals surface area contributed by atoms with Crippen LogP contribution in [-0.2, 0) is 9.47 Å². The minimum absolute atomic E-state index is 0.244. The molecule has 2 heterocycles. The molecule has 0 bridgehead atoms. The molecule has 2 N–H and O–H groups in total. The molecule has 0 aromatic rings. The van der Waals surface area contributed by atoms with Gasteiger partial charge in [-0.05, 0) is 32.9 Å². The number of aliphatic hydroxyl groups excluding tert-OH is 1. The van der Waals surface area contributed by atoms with Crippen LogP contribution < -0.4 is 5.32 Å². The summed E-state index contributed by atoms with van der Waals surface area (Å²) in [6, 6.07) is 0.516. The molecule has 3 unspecified atom stereocenters. The van der Waals surface area contributed by atoms with Gasteiger partial charge in [-0.2, -0.15) is 0 Å². The van der Waals surface area contributed by atoms with E-state index in [0.717, 1.165) is 32.5 Å². The van der Waals surface area contributed by atoms with Gasteiger partial charge in [0.1, 0.15) is 0 Å². The molecule has 0 aliphatic carbocycles. The van der Waals surface area contributed by atoms with E-state index in [4.69, 9.17) is 9.47 Å². The van der Waals surface area contributed by atoms with Gasteiger partial charge in [-0.25, -0.2) is 0 Å². The number of hydrogen-bond acceptors (Lipinski definition) is 5. The molecule has 18 heavy (non-hydrogen) atoms. The summed E-state index contributed by atoms with van der Waals surface area (Å²) in [6.45, 7) is 4.70. The van der Waals surface area contributed by atoms with Crippen LogP contribution in [0.1, 0.15) is 19.3 Å². The minimum atomic E-state index is -0.419. The highest BCUT2D eigenvalue weighted by molar-refractivity contribution is 4.79. The summed E-state index contributed by atoms with van der Waals surface area (Å²) in [4.78, 5) is 2.30. The average Bonchev–Trinajstić information content (AvgIpc) is 2.98. The zero-order chi connectivity index (χ0) is 12.8. The van der Waals surface area contributed by atoms with Crippen molar-refractivity contribution in [3.63, 3.8) is 0 Å². The maximum absolute atomic E-state index is 9.81. The van der Waals surface area contributed by atoms with E-state index in [-0.39, 0.29) is 6.10 Å². The van der Waals surface area contributed by atoms with Crippen molar-refractivity contribution < 1.29 is 14.6 Å². The number of likely N-dealkylation sites (tertiary alicyclic amines) is 1. The summed E-state index contributed by atoms with van der Waals surface area (Å²) in [7, 11) is 2.13. The highest BCUT2D eigenvalue weighted by Crippen LogP contribution is 2.12. The number of hydrogen-bond donors (Lipinski definition) is 2. The van der Waals surface area contributed by atoms with E-state index >= 15 is 0 Å². The van der Waals surface area contributed by atoms with E-state index in [9.17, 15) is 5.11 Å². The van der Waals surface area contributed by atoms with Crippen LogP contribution in [0.3, 0.4) is 0 Å². The first-order valence-corrected chi connectivity index (χ1v) is 7.03. The number of aliphatic hydroxyl groups is 1. The fourth-order valence-corrected chi connectivity index (χ4v) is 2.57. The van der Waals surface area contributed by atoms with E-state index in [1.165, 1.54) is 6.42 Å². The van der Waals surface area contributed by atoms with Gasteiger partial charge in [-0.1, -0.05) is 0 Å². The van der Waals surface area contributed by atoms with Crippen LogP contribution >= 0.6 is 0 Å². The lowest BCUT2D eigenvalue weighted by molar-refractivity contribution is -0.0168. The predicted octanol–water partition coefficient (Wildman–Crippen LogP) is -0.163. The summed E-state index contributed by atoms with van der Waals surface area (Å²) < 4.78 is 11.0. The molecular formula is C13H26N2O3. The van der Waals surface area contributed by atoms with E-state index in [0.29, 0.717) is 25.8 Å². The van der Waals surface area contributed by atoms with Crippen LogP contribution in [0, 0.1) is 0 Å². The second-order valence-corrected chi connectivity index (χ2v) is 5.48. The van der Waals surface area contributed by atoms with Crippen molar-refractivity contribution in [1.82, 2.24) is 10.2 Å². The third kappa shape index (κ3) is 4.82. The Labute approximate surface area is 109 Å². The lowest BCUT2D eigenvalue weighted by Crippen LogP contribution is -2.39. The number of likely N-dealkylation sites (N-methyl/N-ethyl adjacent to an activating group) is 1. The quantitative estimate of drug-likeness (QED) is 0.664. The zero-order valence-electron chi connectivity index (χ0n) is 11.3. The van der Waals surface area contributed by atoms with Gasteiger partial charge in [-0.15, -0.1) is 0 Å². The van der Waals surface area contributed by atoms with Gasteiger partial charge in [0.15, 0.2) is 0 Å². The van der Waals surface area contributed by atoms with Crippen LogP contribution in [0.25, 0.3) is 0 Å². The number of rotatable bonds is 7. The Balaban J connectivity index is 1.48. The van der Waals surface area contributed by atoms with Gasteiger partial charge in [-0.3, -0.25) is 0 Å². The third-order valence-corrected chi connectivity index (χ3v) is 3.67. The monoisotopic (exact) mass is 258 g/mol. The van der Waals surface area contributed by atoms with Crippen LogP contribution in [-0.4, -0.2) is 74.8 Å². The van der Waals surface area contributed by atoms with Crippen LogP contribution in [0.15, 0.2) is 0 Å². The summed E-state index contributed by atoms with van der Waals surface area (Å²) in [5, 5.41) is 13.2. The average molecular weight is 258 g/mol. The molecule has 5 nitrogen and oxygen atoms in total. The molecule has 2 rings (SSSR count). The van der Waals surface area contributed by atoms with Crippen molar-refractivity contribution >= 4 is 0 Å². The highest BCUT2D eigenvalue weighted by Gasteiger charge is 2.20. The molecule has 0 radical (unpaired) electrons. The van der Waals surface area contributed by atoms with Gasteiger partial charge < -0.3 is 24.8 Å². The highest BCUT2D eigenvalue weighted by atomic mass is 16.5. The van der Waals surface area contributed by atoms with Crippen molar-refractivity contribution in [3.8, 4) is 0 Å². The second-order valence-electron chi connectivity index (χ2n) is 5.48. The molecule has 0 spiro atoms. The van der Waals surface area contributed by atoms with Gasteiger partial charge >= 0.3 is 0 Å². The fraction of sp³-hybridized carbons (Fsp3) is 1.00. The molecule has 5 heteroatoms. The Morgan fingerprint density at radius 1 is 1.50 bits per heavy atom. The van der Waals surface area contributed by atoms with Crippen molar-refractivity contribution in [3.05, 3.63) is 0 Å².